The van der Waals surface area contributed by atoms with Gasteiger partial charge in [-0.3, -0.25) is 4.79 Å². The van der Waals surface area contributed by atoms with Gasteiger partial charge in [-0.05, 0) is 18.1 Å². The number of epoxide rings is 1. The fraction of sp³-hybridized carbons (Fsp3) is 0.929. The lowest BCUT2D eigenvalue weighted by atomic mass is 9.90. The van der Waals surface area contributed by atoms with E-state index in [1.807, 2.05) is 0 Å². The SMILES string of the molecule is CC(C(=O)O)[C@@H]1[C@H]2O[C@H]2C[C@H]1O[Si](C)(C)C(C)(C)C. The van der Waals surface area contributed by atoms with Crippen molar-refractivity contribution in [1.29, 1.82) is 0 Å². The summed E-state index contributed by atoms with van der Waals surface area (Å²) in [4.78, 5) is 11.3. The Kier molecular flexibility index (Phi) is 3.61. The summed E-state index contributed by atoms with van der Waals surface area (Å²) in [6.07, 6.45) is 1.26. The van der Waals surface area contributed by atoms with Crippen molar-refractivity contribution < 1.29 is 19.1 Å². The van der Waals surface area contributed by atoms with Crippen LogP contribution in [0.25, 0.3) is 0 Å². The lowest BCUT2D eigenvalue weighted by molar-refractivity contribution is -0.145. The number of hydrogen-bond donors (Lipinski definition) is 1. The summed E-state index contributed by atoms with van der Waals surface area (Å²) < 4.78 is 12.0. The summed E-state index contributed by atoms with van der Waals surface area (Å²) in [5, 5.41) is 9.41. The first kappa shape index (κ1) is 15.0. The predicted molar refractivity (Wildman–Crippen MR) is 75.6 cm³/mol. The topological polar surface area (TPSA) is 59.1 Å². The summed E-state index contributed by atoms with van der Waals surface area (Å²) in [6.45, 7) is 12.8. The summed E-state index contributed by atoms with van der Waals surface area (Å²) >= 11 is 0. The first-order valence-corrected chi connectivity index (χ1v) is 10.0. The Morgan fingerprint density at radius 2 is 2.00 bits per heavy atom. The highest BCUT2D eigenvalue weighted by molar-refractivity contribution is 6.74. The van der Waals surface area contributed by atoms with Gasteiger partial charge >= 0.3 is 5.97 Å². The lowest BCUT2D eigenvalue weighted by Crippen LogP contribution is -2.47. The molecule has 0 aromatic heterocycles. The van der Waals surface area contributed by atoms with Crippen molar-refractivity contribution in [3.63, 3.8) is 0 Å². The molecule has 1 aliphatic carbocycles. The Balaban J connectivity index is 2.10. The van der Waals surface area contributed by atoms with Crippen molar-refractivity contribution in [2.24, 2.45) is 11.8 Å². The van der Waals surface area contributed by atoms with Crippen LogP contribution in [0.3, 0.4) is 0 Å². The number of carbonyl (C=O) groups is 1. The fourth-order valence-corrected chi connectivity index (χ4v) is 4.10. The maximum Gasteiger partial charge on any atom is 0.306 e. The van der Waals surface area contributed by atoms with Crippen LogP contribution < -0.4 is 0 Å². The van der Waals surface area contributed by atoms with Gasteiger partial charge in [0.1, 0.15) is 0 Å². The Bertz CT molecular complexity index is 374. The first-order valence-electron chi connectivity index (χ1n) is 7.10. The van der Waals surface area contributed by atoms with E-state index in [2.05, 4.69) is 33.9 Å². The molecule has 1 N–H and O–H groups in total. The van der Waals surface area contributed by atoms with Gasteiger partial charge in [0.15, 0.2) is 8.32 Å². The second-order valence-electron chi connectivity index (χ2n) is 7.50. The molecular weight excluding hydrogens is 260 g/mol. The zero-order valence-electron chi connectivity index (χ0n) is 12.8. The highest BCUT2D eigenvalue weighted by atomic mass is 28.4. The molecule has 1 aliphatic heterocycles. The molecule has 19 heavy (non-hydrogen) atoms. The van der Waals surface area contributed by atoms with Gasteiger partial charge in [-0.2, -0.15) is 0 Å². The van der Waals surface area contributed by atoms with Gasteiger partial charge in [-0.1, -0.05) is 27.7 Å². The van der Waals surface area contributed by atoms with Gasteiger partial charge in [0.2, 0.25) is 0 Å². The second kappa shape index (κ2) is 4.57. The third-order valence-electron chi connectivity index (χ3n) is 5.11. The van der Waals surface area contributed by atoms with Crippen LogP contribution in [0, 0.1) is 11.8 Å². The van der Waals surface area contributed by atoms with E-state index in [1.54, 1.807) is 6.92 Å². The minimum atomic E-state index is -1.85. The van der Waals surface area contributed by atoms with Gasteiger partial charge in [0, 0.05) is 12.3 Å². The third-order valence-corrected chi connectivity index (χ3v) is 9.62. The summed E-state index contributed by atoms with van der Waals surface area (Å²) in [6, 6.07) is 0. The summed E-state index contributed by atoms with van der Waals surface area (Å²) in [5.41, 5.74) is 0. The largest absolute Gasteiger partial charge is 0.481 e. The molecule has 4 nitrogen and oxygen atoms in total. The number of fused-ring (bicyclic) bond motifs is 1. The Morgan fingerprint density at radius 3 is 2.47 bits per heavy atom. The van der Waals surface area contributed by atoms with E-state index in [0.29, 0.717) is 0 Å². The van der Waals surface area contributed by atoms with Crippen LogP contribution in [-0.2, 0) is 14.0 Å². The molecule has 5 heteroatoms. The van der Waals surface area contributed by atoms with Gasteiger partial charge in [0.25, 0.3) is 0 Å². The van der Waals surface area contributed by atoms with Gasteiger partial charge in [-0.25, -0.2) is 0 Å². The molecule has 110 valence electrons. The van der Waals surface area contributed by atoms with E-state index >= 15 is 0 Å². The highest BCUT2D eigenvalue weighted by Crippen LogP contribution is 2.50. The molecule has 0 radical (unpaired) electrons. The maximum atomic E-state index is 11.3. The van der Waals surface area contributed by atoms with E-state index in [-0.39, 0.29) is 29.3 Å². The van der Waals surface area contributed by atoms with Crippen LogP contribution in [0.5, 0.6) is 0 Å². The van der Waals surface area contributed by atoms with Crippen LogP contribution in [0.2, 0.25) is 18.1 Å². The zero-order chi connectivity index (χ0) is 14.6. The number of hydrogen-bond acceptors (Lipinski definition) is 3. The highest BCUT2D eigenvalue weighted by Gasteiger charge is 2.60. The zero-order valence-corrected chi connectivity index (χ0v) is 13.8. The monoisotopic (exact) mass is 286 g/mol. The molecule has 0 bridgehead atoms. The van der Waals surface area contributed by atoms with E-state index < -0.39 is 20.2 Å². The van der Waals surface area contributed by atoms with Crippen LogP contribution in [0.15, 0.2) is 0 Å². The van der Waals surface area contributed by atoms with Crippen LogP contribution in [-0.4, -0.2) is 37.7 Å². The Hall–Kier alpha value is -0.393. The molecule has 5 atom stereocenters. The number of rotatable bonds is 4. The smallest absolute Gasteiger partial charge is 0.306 e. The fourth-order valence-electron chi connectivity index (χ4n) is 2.74. The molecule has 0 spiro atoms. The number of carboxylic acids is 1. The number of carboxylic acid groups (broad SMARTS) is 1. The quantitative estimate of drug-likeness (QED) is 0.637. The first-order chi connectivity index (χ1) is 8.54. The summed E-state index contributed by atoms with van der Waals surface area (Å²) in [5.74, 6) is -1.13. The minimum Gasteiger partial charge on any atom is -0.481 e. The van der Waals surface area contributed by atoms with Gasteiger partial charge in [-0.15, -0.1) is 0 Å². The van der Waals surface area contributed by atoms with Crippen molar-refractivity contribution in [3.05, 3.63) is 0 Å². The van der Waals surface area contributed by atoms with E-state index in [0.717, 1.165) is 6.42 Å². The van der Waals surface area contributed by atoms with Crippen LogP contribution in [0.4, 0.5) is 0 Å². The molecule has 2 fully saturated rings. The molecule has 1 saturated heterocycles. The number of ether oxygens (including phenoxy) is 1. The molecule has 1 unspecified atom stereocenters. The Morgan fingerprint density at radius 1 is 1.42 bits per heavy atom. The second-order valence-corrected chi connectivity index (χ2v) is 12.3. The van der Waals surface area contributed by atoms with Crippen molar-refractivity contribution in [2.45, 2.75) is 70.6 Å². The van der Waals surface area contributed by atoms with E-state index in [9.17, 15) is 9.90 Å². The van der Waals surface area contributed by atoms with Crippen molar-refractivity contribution in [1.82, 2.24) is 0 Å². The molecule has 2 aliphatic rings. The normalized spacial score (nSPS) is 35.9. The molecular formula is C14H26O4Si. The van der Waals surface area contributed by atoms with E-state index in [4.69, 9.17) is 9.16 Å². The van der Waals surface area contributed by atoms with Crippen molar-refractivity contribution in [3.8, 4) is 0 Å². The minimum absolute atomic E-state index is 0.0108. The molecule has 1 heterocycles. The molecule has 2 rings (SSSR count). The molecule has 0 aromatic rings. The molecule has 1 saturated carbocycles. The maximum absolute atomic E-state index is 11.3. The number of aliphatic carboxylic acids is 1. The van der Waals surface area contributed by atoms with Gasteiger partial charge < -0.3 is 14.3 Å². The van der Waals surface area contributed by atoms with Crippen LogP contribution in [0.1, 0.15) is 34.1 Å². The molecule has 0 amide bonds. The average Bonchev–Trinajstić information content (AvgIpc) is 2.87. The standard InChI is InChI=1S/C14H26O4Si/c1-8(13(15)16)11-9(7-10-12(11)17-10)18-19(5,6)14(2,3)4/h8-12H,7H2,1-6H3,(H,15,16)/t8?,9-,10+,11+,12+/m1/s1. The van der Waals surface area contributed by atoms with Crippen molar-refractivity contribution >= 4 is 14.3 Å². The predicted octanol–water partition coefficient (Wildman–Crippen LogP) is 2.88. The van der Waals surface area contributed by atoms with E-state index in [1.165, 1.54) is 0 Å². The van der Waals surface area contributed by atoms with Gasteiger partial charge in [0.05, 0.1) is 24.2 Å². The average molecular weight is 286 g/mol. The van der Waals surface area contributed by atoms with Crippen LogP contribution >= 0.6 is 0 Å². The molecule has 0 aromatic carbocycles. The summed E-state index contributed by atoms with van der Waals surface area (Å²) in [7, 11) is -1.85. The van der Waals surface area contributed by atoms with Crippen molar-refractivity contribution in [2.75, 3.05) is 0 Å². The third kappa shape index (κ3) is 2.73. The lowest BCUT2D eigenvalue weighted by Gasteiger charge is -2.40. The Labute approximate surface area is 116 Å².